The molecule has 6 aromatic rings. The number of nitrogens with one attached hydrogen (secondary N) is 10. The monoisotopic (exact) mass is 1630 g/mol. The molecule has 634 valence electrons. The third kappa shape index (κ3) is 40.1. The van der Waals surface area contributed by atoms with Crippen LogP contribution in [0, 0.1) is 5.92 Å². The van der Waals surface area contributed by atoms with Crippen LogP contribution in [0.4, 0.5) is 9.59 Å². The number of hydrogen-bond donors (Lipinski definition) is 10. The van der Waals surface area contributed by atoms with Crippen molar-refractivity contribution in [1.82, 2.24) is 53.2 Å². The van der Waals surface area contributed by atoms with Crippen molar-refractivity contribution >= 4 is 83.3 Å². The number of esters is 4. The van der Waals surface area contributed by atoms with Gasteiger partial charge in [0.1, 0.15) is 87.2 Å². The minimum absolute atomic E-state index is 0.00772. The van der Waals surface area contributed by atoms with Crippen LogP contribution in [0.5, 0.6) is 5.75 Å². The Morgan fingerprint density at radius 2 is 0.763 bits per heavy atom. The van der Waals surface area contributed by atoms with Crippen LogP contribution in [0.3, 0.4) is 0 Å². The molecule has 32 nitrogen and oxygen atoms in total. The lowest BCUT2D eigenvalue weighted by Gasteiger charge is -2.25. The second-order valence-electron chi connectivity index (χ2n) is 28.7. The average Bonchev–Trinajstić information content (AvgIpc) is 0.866. The molecule has 32 heteroatoms. The van der Waals surface area contributed by atoms with E-state index in [2.05, 4.69) is 53.2 Å². The predicted octanol–water partition coefficient (Wildman–Crippen LogP) is 6.25. The van der Waals surface area contributed by atoms with Gasteiger partial charge in [-0.25, -0.2) is 19.2 Å². The van der Waals surface area contributed by atoms with Crippen molar-refractivity contribution in [3.8, 4) is 5.75 Å². The number of carbonyl (C=O) groups is 14. The van der Waals surface area contributed by atoms with E-state index in [4.69, 9.17) is 37.9 Å². The summed E-state index contributed by atoms with van der Waals surface area (Å²) in [5.74, 6) is -9.26. The van der Waals surface area contributed by atoms with Gasteiger partial charge in [0, 0.05) is 38.8 Å². The number of unbranched alkanes of at least 4 members (excludes halogenated alkanes) is 1. The Hall–Kier alpha value is -12.6. The summed E-state index contributed by atoms with van der Waals surface area (Å²) < 4.78 is 43.8. The molecule has 0 bridgehead atoms. The quantitative estimate of drug-likeness (QED) is 0.0115. The SMILES string of the molecule is CC(C)CC(NC(=O)C(Cc1ccccc1)NC(=O)CNC(=O)OC(C)(C)C)C(=O)NCC(=O)NC(CCCCNC(=O)Oc1ccccc1)C(=O)NCCOCCOCC(=O)NC(CCC(=O)NC(CCC(=O)OCc1ccccc1)C(=O)OCc1ccccc1)C(=O)NC(CCC(=O)OCc1ccccc1)C(=O)OCc1ccccc1. The highest BCUT2D eigenvalue weighted by Crippen LogP contribution is 2.16. The first-order chi connectivity index (χ1) is 56.7. The van der Waals surface area contributed by atoms with Gasteiger partial charge in [-0.05, 0) is 112 Å². The minimum atomic E-state index is -1.58. The number of benzene rings is 6. The van der Waals surface area contributed by atoms with Crippen molar-refractivity contribution in [2.45, 2.75) is 174 Å². The highest BCUT2D eigenvalue weighted by atomic mass is 16.6. The van der Waals surface area contributed by atoms with Gasteiger partial charge in [0.2, 0.25) is 47.3 Å². The summed E-state index contributed by atoms with van der Waals surface area (Å²) in [7, 11) is 0. The number of amides is 10. The molecule has 118 heavy (non-hydrogen) atoms. The van der Waals surface area contributed by atoms with E-state index >= 15 is 0 Å². The fourth-order valence-corrected chi connectivity index (χ4v) is 11.2. The first-order valence-corrected chi connectivity index (χ1v) is 39.0. The summed E-state index contributed by atoms with van der Waals surface area (Å²) in [5, 5.41) is 26.0. The average molecular weight is 1630 g/mol. The topological polar surface area (TPSA) is 433 Å². The molecule has 10 N–H and O–H groups in total. The molecule has 0 aliphatic carbocycles. The third-order valence-corrected chi connectivity index (χ3v) is 17.2. The van der Waals surface area contributed by atoms with Gasteiger partial charge in [-0.1, -0.05) is 184 Å². The molecule has 0 saturated heterocycles. The highest BCUT2D eigenvalue weighted by molar-refractivity contribution is 5.96. The molecule has 6 unspecified atom stereocenters. The number of para-hydroxylation sites is 1. The molecule has 0 fully saturated rings. The van der Waals surface area contributed by atoms with E-state index in [-0.39, 0.29) is 110 Å². The summed E-state index contributed by atoms with van der Waals surface area (Å²) in [5.41, 5.74) is 2.51. The molecule has 0 aromatic heterocycles. The molecule has 0 spiro atoms. The Morgan fingerprint density at radius 1 is 0.347 bits per heavy atom. The van der Waals surface area contributed by atoms with E-state index in [9.17, 15) is 67.1 Å². The summed E-state index contributed by atoms with van der Waals surface area (Å²) in [6.07, 6.45) is -2.96. The Bertz CT molecular complexity index is 4150. The zero-order valence-electron chi connectivity index (χ0n) is 67.1. The normalized spacial score (nSPS) is 12.5. The van der Waals surface area contributed by atoms with Crippen LogP contribution in [-0.4, -0.2) is 178 Å². The predicted molar refractivity (Wildman–Crippen MR) is 430 cm³/mol. The highest BCUT2D eigenvalue weighted by Gasteiger charge is 2.33. The van der Waals surface area contributed by atoms with Gasteiger partial charge in [0.15, 0.2) is 0 Å². The second kappa shape index (κ2) is 52.8. The zero-order chi connectivity index (χ0) is 85.3. The maximum Gasteiger partial charge on any atom is 0.412 e. The number of ether oxygens (including phenoxy) is 8. The summed E-state index contributed by atoms with van der Waals surface area (Å²) >= 11 is 0. The van der Waals surface area contributed by atoms with Crippen LogP contribution >= 0.6 is 0 Å². The Balaban J connectivity index is 1.07. The Morgan fingerprint density at radius 3 is 1.28 bits per heavy atom. The van der Waals surface area contributed by atoms with Crippen molar-refractivity contribution in [3.63, 3.8) is 0 Å². The maximum absolute atomic E-state index is 14.5. The number of alkyl carbamates (subject to hydrolysis) is 1. The second-order valence-corrected chi connectivity index (χ2v) is 28.7. The summed E-state index contributed by atoms with van der Waals surface area (Å²) in [6.45, 7) is 5.85. The van der Waals surface area contributed by atoms with E-state index in [1.54, 1.807) is 203 Å². The van der Waals surface area contributed by atoms with Gasteiger partial charge < -0.3 is 91.1 Å². The van der Waals surface area contributed by atoms with Crippen molar-refractivity contribution < 1.29 is 105 Å². The maximum atomic E-state index is 14.5. The third-order valence-electron chi connectivity index (χ3n) is 17.2. The van der Waals surface area contributed by atoms with E-state index in [0.717, 1.165) is 5.56 Å². The number of carbonyl (C=O) groups excluding carboxylic acids is 14. The molecule has 6 aromatic carbocycles. The molecule has 6 atom stereocenters. The summed E-state index contributed by atoms with van der Waals surface area (Å²) in [6, 6.07) is 44.2. The number of hydrogen-bond acceptors (Lipinski definition) is 22. The first kappa shape index (κ1) is 94.3. The van der Waals surface area contributed by atoms with E-state index in [0.29, 0.717) is 40.8 Å². The van der Waals surface area contributed by atoms with Gasteiger partial charge in [-0.15, -0.1) is 0 Å². The van der Waals surface area contributed by atoms with Crippen LogP contribution in [0.15, 0.2) is 182 Å². The van der Waals surface area contributed by atoms with E-state index in [1.807, 2.05) is 13.8 Å². The van der Waals surface area contributed by atoms with Gasteiger partial charge in [0.25, 0.3) is 0 Å². The molecular formula is C86H108N10O22. The van der Waals surface area contributed by atoms with E-state index < -0.39 is 158 Å². The van der Waals surface area contributed by atoms with Crippen LogP contribution in [0.25, 0.3) is 0 Å². The number of rotatable bonds is 51. The lowest BCUT2D eigenvalue weighted by molar-refractivity contribution is -0.151. The van der Waals surface area contributed by atoms with Crippen LogP contribution in [-0.2, 0) is 124 Å². The smallest absolute Gasteiger partial charge is 0.412 e. The molecule has 10 amide bonds. The largest absolute Gasteiger partial charge is 0.461 e. The van der Waals surface area contributed by atoms with Gasteiger partial charge in [0.05, 0.1) is 26.4 Å². The van der Waals surface area contributed by atoms with Gasteiger partial charge in [-0.2, -0.15) is 0 Å². The molecule has 0 saturated carbocycles. The molecule has 0 aliphatic rings. The van der Waals surface area contributed by atoms with E-state index in [1.165, 1.54) is 0 Å². The van der Waals surface area contributed by atoms with Crippen molar-refractivity contribution in [3.05, 3.63) is 210 Å². The molecule has 0 radical (unpaired) electrons. The fraction of sp³-hybridized carbons (Fsp3) is 0.419. The standard InChI is InChI=1S/C86H108N10O22/c1-59(2)50-70(96-81(106)71(51-60-26-12-6-13-27-60)94-74(99)53-90-85(110)118-86(3,4)5)79(104)89-52-73(98)91-66(38-24-25-45-88-84(109)117-65-36-22-11-23-37-65)78(103)87-46-47-111-48-49-112-58-75(100)92-67(80(105)95-69(83(108)116-57-64-34-20-10-21-35-64)41-44-77(102)114-55-62-30-16-8-17-31-62)39-42-72(97)93-68(82(107)115-56-63-32-18-9-19-33-63)40-43-76(101)113-54-61-28-14-7-15-29-61/h6-23,26-37,59,66-71H,24-25,38-58H2,1-5H3,(H,87,103)(H,88,109)(H,89,104)(H,90,110)(H,91,98)(H,92,100)(H,93,97)(H,94,99)(H,95,105)(H,96,106). The minimum Gasteiger partial charge on any atom is -0.461 e. The molecule has 0 aliphatic heterocycles. The van der Waals surface area contributed by atoms with Crippen molar-refractivity contribution in [2.24, 2.45) is 5.92 Å². The zero-order valence-corrected chi connectivity index (χ0v) is 67.1. The lowest BCUT2D eigenvalue weighted by Crippen LogP contribution is -2.56. The Kier molecular flexibility index (Phi) is 42.2. The van der Waals surface area contributed by atoms with Crippen molar-refractivity contribution in [1.29, 1.82) is 0 Å². The fourth-order valence-electron chi connectivity index (χ4n) is 11.2. The Labute approximate surface area is 686 Å². The lowest BCUT2D eigenvalue weighted by atomic mass is 10.0. The van der Waals surface area contributed by atoms with Crippen LogP contribution in [0.2, 0.25) is 0 Å². The van der Waals surface area contributed by atoms with Gasteiger partial charge in [-0.3, -0.25) is 47.9 Å². The van der Waals surface area contributed by atoms with Crippen LogP contribution < -0.4 is 57.9 Å². The molecule has 6 rings (SSSR count). The molecular weight excluding hydrogens is 1520 g/mol. The van der Waals surface area contributed by atoms with Crippen LogP contribution in [0.1, 0.15) is 127 Å². The first-order valence-electron chi connectivity index (χ1n) is 39.0. The summed E-state index contributed by atoms with van der Waals surface area (Å²) in [4.78, 5) is 189. The van der Waals surface area contributed by atoms with Gasteiger partial charge >= 0.3 is 36.1 Å². The van der Waals surface area contributed by atoms with Crippen molar-refractivity contribution in [2.75, 3.05) is 52.6 Å². The molecule has 0 heterocycles.